The lowest BCUT2D eigenvalue weighted by atomic mass is 10.0. The molecule has 0 aromatic rings. The van der Waals surface area contributed by atoms with Crippen LogP contribution in [0.4, 0.5) is 0 Å². The van der Waals surface area contributed by atoms with Gasteiger partial charge in [-0.2, -0.15) is 0 Å². The fourth-order valence-electron chi connectivity index (χ4n) is 5.81. The zero-order valence-corrected chi connectivity index (χ0v) is 25.2. The van der Waals surface area contributed by atoms with Crippen molar-refractivity contribution in [2.75, 3.05) is 6.54 Å². The van der Waals surface area contributed by atoms with Crippen molar-refractivity contribution in [3.63, 3.8) is 0 Å². The van der Waals surface area contributed by atoms with E-state index in [-0.39, 0.29) is 11.8 Å². The Balaban J connectivity index is 1.64. The van der Waals surface area contributed by atoms with Gasteiger partial charge in [0.15, 0.2) is 0 Å². The van der Waals surface area contributed by atoms with Crippen molar-refractivity contribution in [3.05, 3.63) is 0 Å². The van der Waals surface area contributed by atoms with E-state index in [4.69, 9.17) is 0 Å². The van der Waals surface area contributed by atoms with E-state index in [0.29, 0.717) is 19.4 Å². The van der Waals surface area contributed by atoms with E-state index in [1.165, 1.54) is 172 Å². The van der Waals surface area contributed by atoms with E-state index < -0.39 is 0 Å². The highest BCUT2D eigenvalue weighted by molar-refractivity contribution is 6.01. The molecule has 1 heterocycles. The largest absolute Gasteiger partial charge is 0.283 e. The minimum absolute atomic E-state index is 0.0371. The number of rotatable bonds is 29. The van der Waals surface area contributed by atoms with E-state index >= 15 is 0 Å². The Bertz CT molecular complexity index is 502. The Hall–Kier alpha value is -0.860. The van der Waals surface area contributed by atoms with Crippen LogP contribution in [0.25, 0.3) is 0 Å². The third kappa shape index (κ3) is 21.7. The molecule has 2 amide bonds. The van der Waals surface area contributed by atoms with Crippen LogP contribution in [-0.2, 0) is 9.59 Å². The molecule has 0 aliphatic carbocycles. The van der Waals surface area contributed by atoms with Crippen molar-refractivity contribution >= 4 is 11.8 Å². The second kappa shape index (κ2) is 26.7. The molecule has 1 saturated heterocycles. The molecule has 0 spiro atoms. The van der Waals surface area contributed by atoms with Crippen LogP contribution in [0.5, 0.6) is 0 Å². The summed E-state index contributed by atoms with van der Waals surface area (Å²) in [5.41, 5.74) is 0. The molecule has 0 saturated carbocycles. The molecule has 37 heavy (non-hydrogen) atoms. The van der Waals surface area contributed by atoms with E-state index in [2.05, 4.69) is 6.92 Å². The normalized spacial score (nSPS) is 13.8. The summed E-state index contributed by atoms with van der Waals surface area (Å²) in [6.45, 7) is 2.95. The summed E-state index contributed by atoms with van der Waals surface area (Å²) in [5.74, 6) is 0.0741. The summed E-state index contributed by atoms with van der Waals surface area (Å²) in [5, 5.41) is 0. The molecule has 3 heteroatoms. The van der Waals surface area contributed by atoms with Crippen molar-refractivity contribution < 1.29 is 9.59 Å². The van der Waals surface area contributed by atoms with E-state index in [1.54, 1.807) is 0 Å². The van der Waals surface area contributed by atoms with Gasteiger partial charge >= 0.3 is 0 Å². The molecule has 1 fully saturated rings. The van der Waals surface area contributed by atoms with Gasteiger partial charge in [0.25, 0.3) is 0 Å². The molecule has 0 unspecified atom stereocenters. The fourth-order valence-corrected chi connectivity index (χ4v) is 5.81. The number of unbranched alkanes of at least 4 members (excludes halogenated alkanes) is 27. The van der Waals surface area contributed by atoms with Crippen LogP contribution < -0.4 is 0 Å². The molecule has 218 valence electrons. The van der Waals surface area contributed by atoms with Gasteiger partial charge in [-0.05, 0) is 6.42 Å². The molecule has 0 bridgehead atoms. The first-order valence-corrected chi connectivity index (χ1v) is 17.1. The Morgan fingerprint density at radius 3 is 0.838 bits per heavy atom. The maximum Gasteiger partial charge on any atom is 0.229 e. The number of nitrogens with zero attached hydrogens (tertiary/aromatic N) is 1. The Morgan fingerprint density at radius 1 is 0.378 bits per heavy atom. The lowest BCUT2D eigenvalue weighted by molar-refractivity contribution is -0.138. The number of hydrogen-bond donors (Lipinski definition) is 0. The highest BCUT2D eigenvalue weighted by atomic mass is 16.2. The van der Waals surface area contributed by atoms with Crippen LogP contribution in [0.2, 0.25) is 0 Å². The van der Waals surface area contributed by atoms with Crippen LogP contribution in [0.15, 0.2) is 0 Å². The van der Waals surface area contributed by atoms with Gasteiger partial charge in [0.1, 0.15) is 0 Å². The molecule has 1 aliphatic heterocycles. The maximum atomic E-state index is 11.6. The average molecular weight is 520 g/mol. The minimum Gasteiger partial charge on any atom is -0.283 e. The summed E-state index contributed by atoms with van der Waals surface area (Å²) in [7, 11) is 0. The third-order valence-electron chi connectivity index (χ3n) is 8.39. The monoisotopic (exact) mass is 520 g/mol. The highest BCUT2D eigenvalue weighted by Gasteiger charge is 2.27. The van der Waals surface area contributed by atoms with Crippen LogP contribution in [0.3, 0.4) is 0 Å². The van der Waals surface area contributed by atoms with Crippen molar-refractivity contribution in [2.24, 2.45) is 0 Å². The van der Waals surface area contributed by atoms with Gasteiger partial charge in [-0.15, -0.1) is 0 Å². The van der Waals surface area contributed by atoms with E-state index in [0.717, 1.165) is 12.8 Å². The van der Waals surface area contributed by atoms with Crippen molar-refractivity contribution in [1.82, 2.24) is 4.90 Å². The molecule has 0 aromatic heterocycles. The first-order valence-electron chi connectivity index (χ1n) is 17.1. The van der Waals surface area contributed by atoms with E-state index in [1.807, 2.05) is 0 Å². The summed E-state index contributed by atoms with van der Waals surface area (Å²) in [6.07, 6.45) is 40.2. The zero-order chi connectivity index (χ0) is 26.7. The van der Waals surface area contributed by atoms with Crippen molar-refractivity contribution in [3.8, 4) is 0 Å². The van der Waals surface area contributed by atoms with Crippen LogP contribution >= 0.6 is 0 Å². The standard InChI is InChI=1S/C34H65NO2/c1-2-3-4-5-6-7-8-9-10-11-12-13-14-15-16-17-18-19-20-21-22-23-24-25-26-27-28-29-32-35-33(36)30-31-34(35)37/h2-32H2,1H3. The Kier molecular flexibility index (Phi) is 24.7. The smallest absolute Gasteiger partial charge is 0.229 e. The lowest BCUT2D eigenvalue weighted by Gasteiger charge is -2.13. The van der Waals surface area contributed by atoms with E-state index in [9.17, 15) is 9.59 Å². The quantitative estimate of drug-likeness (QED) is 0.0727. The highest BCUT2D eigenvalue weighted by Crippen LogP contribution is 2.17. The van der Waals surface area contributed by atoms with Gasteiger partial charge in [-0.1, -0.05) is 180 Å². The van der Waals surface area contributed by atoms with Gasteiger partial charge in [-0.25, -0.2) is 0 Å². The van der Waals surface area contributed by atoms with Gasteiger partial charge in [-0.3, -0.25) is 14.5 Å². The predicted molar refractivity (Wildman–Crippen MR) is 161 cm³/mol. The van der Waals surface area contributed by atoms with Gasteiger partial charge in [0.05, 0.1) is 0 Å². The van der Waals surface area contributed by atoms with Gasteiger partial charge in [0, 0.05) is 19.4 Å². The molecule has 0 N–H and O–H groups in total. The number of hydrogen-bond acceptors (Lipinski definition) is 2. The Morgan fingerprint density at radius 2 is 0.595 bits per heavy atom. The lowest BCUT2D eigenvalue weighted by Crippen LogP contribution is -2.29. The topological polar surface area (TPSA) is 37.4 Å². The minimum atomic E-state index is 0.0371. The average Bonchev–Trinajstić information content (AvgIpc) is 3.22. The molecular weight excluding hydrogens is 454 g/mol. The molecular formula is C34H65NO2. The maximum absolute atomic E-state index is 11.6. The summed E-state index contributed by atoms with van der Waals surface area (Å²) < 4.78 is 0. The number of likely N-dealkylation sites (tertiary alicyclic amines) is 1. The second-order valence-electron chi connectivity index (χ2n) is 12.0. The first kappa shape index (κ1) is 34.2. The Labute approximate surface area is 232 Å². The van der Waals surface area contributed by atoms with Crippen molar-refractivity contribution in [2.45, 2.75) is 200 Å². The molecule has 0 aromatic carbocycles. The van der Waals surface area contributed by atoms with Crippen LogP contribution in [-0.4, -0.2) is 23.3 Å². The second-order valence-corrected chi connectivity index (χ2v) is 12.0. The van der Waals surface area contributed by atoms with Gasteiger partial charge in [0.2, 0.25) is 11.8 Å². The summed E-state index contributed by atoms with van der Waals surface area (Å²) in [6, 6.07) is 0. The summed E-state index contributed by atoms with van der Waals surface area (Å²) >= 11 is 0. The van der Waals surface area contributed by atoms with Crippen molar-refractivity contribution in [1.29, 1.82) is 0 Å². The number of amides is 2. The first-order chi connectivity index (χ1) is 18.3. The molecule has 0 atom stereocenters. The summed E-state index contributed by atoms with van der Waals surface area (Å²) in [4.78, 5) is 24.6. The molecule has 1 aliphatic rings. The SMILES string of the molecule is CCCCCCCCCCCCCCCCCCCCCCCCCCCCCCN1C(=O)CCC1=O. The molecule has 0 radical (unpaired) electrons. The fraction of sp³-hybridized carbons (Fsp3) is 0.941. The zero-order valence-electron chi connectivity index (χ0n) is 25.2. The number of carbonyl (C=O) groups excluding carboxylic acids is 2. The predicted octanol–water partition coefficient (Wildman–Crippen LogP) is 11.1. The van der Waals surface area contributed by atoms with Crippen LogP contribution in [0, 0.1) is 0 Å². The van der Waals surface area contributed by atoms with Gasteiger partial charge < -0.3 is 0 Å². The van der Waals surface area contributed by atoms with Crippen LogP contribution in [0.1, 0.15) is 200 Å². The molecule has 1 rings (SSSR count). The molecule has 3 nitrogen and oxygen atoms in total. The number of imide groups is 1. The third-order valence-corrected chi connectivity index (χ3v) is 8.39. The number of carbonyl (C=O) groups is 2.